The predicted molar refractivity (Wildman–Crippen MR) is 49.5 cm³/mol. The summed E-state index contributed by atoms with van der Waals surface area (Å²) in [6, 6.07) is 10.0. The molecule has 0 fully saturated rings. The molecule has 0 radical (unpaired) electrons. The van der Waals surface area contributed by atoms with Crippen LogP contribution in [0.25, 0.3) is 0 Å². The van der Waals surface area contributed by atoms with E-state index in [1.165, 1.54) is 5.56 Å². The minimum Gasteiger partial charge on any atom is -0.379 e. The standard InChI is InChI=1S/C10H15NO/c1-8(10(11)12)7-9-5-3-2-4-6-9/h2-6,8,10,12H,7,11H2,1H3/t8-,10?/m0/s1. The van der Waals surface area contributed by atoms with Crippen molar-refractivity contribution in [1.29, 1.82) is 0 Å². The Kier molecular flexibility index (Phi) is 3.26. The van der Waals surface area contributed by atoms with Gasteiger partial charge < -0.3 is 10.8 Å². The van der Waals surface area contributed by atoms with Crippen LogP contribution in [-0.2, 0) is 6.42 Å². The monoisotopic (exact) mass is 165 g/mol. The topological polar surface area (TPSA) is 46.2 Å². The van der Waals surface area contributed by atoms with E-state index in [4.69, 9.17) is 10.8 Å². The summed E-state index contributed by atoms with van der Waals surface area (Å²) in [5.74, 6) is 0.118. The molecule has 1 rings (SSSR count). The van der Waals surface area contributed by atoms with Gasteiger partial charge in [0.15, 0.2) is 0 Å². The molecule has 66 valence electrons. The van der Waals surface area contributed by atoms with Crippen molar-refractivity contribution in [2.24, 2.45) is 11.7 Å². The molecule has 0 bridgehead atoms. The summed E-state index contributed by atoms with van der Waals surface area (Å²) >= 11 is 0. The summed E-state index contributed by atoms with van der Waals surface area (Å²) in [5.41, 5.74) is 6.56. The second-order valence-electron chi connectivity index (χ2n) is 3.16. The Balaban J connectivity index is 2.53. The Labute approximate surface area is 73.0 Å². The van der Waals surface area contributed by atoms with Crippen LogP contribution in [0.5, 0.6) is 0 Å². The Hall–Kier alpha value is -0.860. The lowest BCUT2D eigenvalue weighted by molar-refractivity contribution is 0.123. The molecule has 1 aromatic carbocycles. The molecule has 2 nitrogen and oxygen atoms in total. The second kappa shape index (κ2) is 4.24. The maximum Gasteiger partial charge on any atom is 0.105 e. The van der Waals surface area contributed by atoms with Crippen LogP contribution in [0.2, 0.25) is 0 Å². The molecule has 0 aliphatic carbocycles. The van der Waals surface area contributed by atoms with Crippen LogP contribution in [-0.4, -0.2) is 11.3 Å². The molecule has 2 atom stereocenters. The molecular weight excluding hydrogens is 150 g/mol. The molecule has 3 N–H and O–H groups in total. The average molecular weight is 165 g/mol. The van der Waals surface area contributed by atoms with Crippen molar-refractivity contribution in [2.45, 2.75) is 19.6 Å². The SMILES string of the molecule is C[C@@H](Cc1ccccc1)C(N)O. The number of nitrogens with two attached hydrogens (primary N) is 1. The molecule has 0 amide bonds. The lowest BCUT2D eigenvalue weighted by Gasteiger charge is -2.13. The lowest BCUT2D eigenvalue weighted by atomic mass is 10.0. The van der Waals surface area contributed by atoms with Crippen molar-refractivity contribution < 1.29 is 5.11 Å². The van der Waals surface area contributed by atoms with Crippen LogP contribution in [0.4, 0.5) is 0 Å². The van der Waals surface area contributed by atoms with E-state index in [9.17, 15) is 0 Å². The number of benzene rings is 1. The molecule has 0 saturated heterocycles. The summed E-state index contributed by atoms with van der Waals surface area (Å²) in [6.07, 6.45) is 0.114. The van der Waals surface area contributed by atoms with Gasteiger partial charge in [-0.15, -0.1) is 0 Å². The first-order valence-electron chi connectivity index (χ1n) is 4.17. The zero-order valence-electron chi connectivity index (χ0n) is 7.27. The fourth-order valence-electron chi connectivity index (χ4n) is 1.11. The third-order valence-corrected chi connectivity index (χ3v) is 1.98. The molecule has 0 spiro atoms. The van der Waals surface area contributed by atoms with Crippen molar-refractivity contribution >= 4 is 0 Å². The number of aliphatic hydroxyl groups excluding tert-OH is 1. The van der Waals surface area contributed by atoms with Crippen LogP contribution in [0.1, 0.15) is 12.5 Å². The highest BCUT2D eigenvalue weighted by atomic mass is 16.3. The third kappa shape index (κ3) is 2.64. The fraction of sp³-hybridized carbons (Fsp3) is 0.400. The molecule has 0 aliphatic heterocycles. The van der Waals surface area contributed by atoms with Gasteiger partial charge in [-0.05, 0) is 17.9 Å². The van der Waals surface area contributed by atoms with E-state index in [0.29, 0.717) is 0 Å². The van der Waals surface area contributed by atoms with Crippen molar-refractivity contribution in [1.82, 2.24) is 0 Å². The summed E-state index contributed by atoms with van der Waals surface area (Å²) in [5, 5.41) is 9.06. The van der Waals surface area contributed by atoms with Crippen LogP contribution < -0.4 is 5.73 Å². The number of hydrogen-bond donors (Lipinski definition) is 2. The number of hydrogen-bond acceptors (Lipinski definition) is 2. The quantitative estimate of drug-likeness (QED) is 0.660. The molecule has 1 unspecified atom stereocenters. The van der Waals surface area contributed by atoms with E-state index in [1.807, 2.05) is 37.3 Å². The first-order valence-corrected chi connectivity index (χ1v) is 4.17. The fourth-order valence-corrected chi connectivity index (χ4v) is 1.11. The van der Waals surface area contributed by atoms with Gasteiger partial charge in [-0.25, -0.2) is 0 Å². The molecule has 2 heteroatoms. The number of rotatable bonds is 3. The van der Waals surface area contributed by atoms with E-state index in [1.54, 1.807) is 0 Å². The Bertz CT molecular complexity index is 221. The van der Waals surface area contributed by atoms with E-state index < -0.39 is 6.23 Å². The van der Waals surface area contributed by atoms with Gasteiger partial charge in [-0.1, -0.05) is 37.3 Å². The van der Waals surface area contributed by atoms with E-state index in [0.717, 1.165) is 6.42 Å². The Morgan fingerprint density at radius 1 is 1.33 bits per heavy atom. The van der Waals surface area contributed by atoms with Crippen molar-refractivity contribution in [2.75, 3.05) is 0 Å². The summed E-state index contributed by atoms with van der Waals surface area (Å²) < 4.78 is 0. The van der Waals surface area contributed by atoms with E-state index >= 15 is 0 Å². The van der Waals surface area contributed by atoms with Gasteiger partial charge in [-0.2, -0.15) is 0 Å². The van der Waals surface area contributed by atoms with Gasteiger partial charge in [0.25, 0.3) is 0 Å². The van der Waals surface area contributed by atoms with Crippen molar-refractivity contribution in [3.63, 3.8) is 0 Å². The number of aliphatic hydroxyl groups is 1. The predicted octanol–water partition coefficient (Wildman–Crippen LogP) is 1.14. The molecule has 0 aromatic heterocycles. The summed E-state index contributed by atoms with van der Waals surface area (Å²) in [6.45, 7) is 1.94. The molecular formula is C10H15NO. The molecule has 0 saturated carbocycles. The maximum atomic E-state index is 9.06. The summed E-state index contributed by atoms with van der Waals surface area (Å²) in [7, 11) is 0. The first kappa shape index (κ1) is 9.23. The smallest absolute Gasteiger partial charge is 0.105 e. The lowest BCUT2D eigenvalue weighted by Crippen LogP contribution is -2.28. The van der Waals surface area contributed by atoms with Gasteiger partial charge in [0.05, 0.1) is 0 Å². The average Bonchev–Trinajstić information content (AvgIpc) is 2.06. The zero-order valence-corrected chi connectivity index (χ0v) is 7.27. The maximum absolute atomic E-state index is 9.06. The van der Waals surface area contributed by atoms with Crippen LogP contribution >= 0.6 is 0 Å². The molecule has 0 aliphatic rings. The van der Waals surface area contributed by atoms with Gasteiger partial charge in [0.2, 0.25) is 0 Å². The minimum absolute atomic E-state index is 0.118. The summed E-state index contributed by atoms with van der Waals surface area (Å²) in [4.78, 5) is 0. The van der Waals surface area contributed by atoms with Crippen LogP contribution in [0.3, 0.4) is 0 Å². The second-order valence-corrected chi connectivity index (χ2v) is 3.16. The van der Waals surface area contributed by atoms with Crippen molar-refractivity contribution in [3.8, 4) is 0 Å². The normalized spacial score (nSPS) is 15.6. The zero-order chi connectivity index (χ0) is 8.97. The molecule has 12 heavy (non-hydrogen) atoms. The highest BCUT2D eigenvalue weighted by Gasteiger charge is 2.08. The highest BCUT2D eigenvalue weighted by Crippen LogP contribution is 2.08. The van der Waals surface area contributed by atoms with Crippen LogP contribution in [0, 0.1) is 5.92 Å². The van der Waals surface area contributed by atoms with Gasteiger partial charge in [0, 0.05) is 0 Å². The highest BCUT2D eigenvalue weighted by molar-refractivity contribution is 5.15. The van der Waals surface area contributed by atoms with E-state index in [2.05, 4.69) is 0 Å². The van der Waals surface area contributed by atoms with Gasteiger partial charge in [-0.3, -0.25) is 0 Å². The van der Waals surface area contributed by atoms with Crippen LogP contribution in [0.15, 0.2) is 30.3 Å². The Morgan fingerprint density at radius 2 is 1.92 bits per heavy atom. The molecule has 0 heterocycles. The Morgan fingerprint density at radius 3 is 2.42 bits per heavy atom. The van der Waals surface area contributed by atoms with Gasteiger partial charge in [0.1, 0.15) is 6.23 Å². The van der Waals surface area contributed by atoms with Gasteiger partial charge >= 0.3 is 0 Å². The largest absolute Gasteiger partial charge is 0.379 e. The van der Waals surface area contributed by atoms with Crippen molar-refractivity contribution in [3.05, 3.63) is 35.9 Å². The van der Waals surface area contributed by atoms with E-state index in [-0.39, 0.29) is 5.92 Å². The minimum atomic E-state index is -0.717. The first-order chi connectivity index (χ1) is 5.70. The molecule has 1 aromatic rings. The third-order valence-electron chi connectivity index (χ3n) is 1.98.